The number of nitrogens with zero attached hydrogens (tertiary/aromatic N) is 3. The van der Waals surface area contributed by atoms with Gasteiger partial charge in [-0.25, -0.2) is 0 Å². The predicted octanol–water partition coefficient (Wildman–Crippen LogP) is 5.36. The van der Waals surface area contributed by atoms with Gasteiger partial charge >= 0.3 is 0 Å². The third kappa shape index (κ3) is 6.80. The first-order valence-electron chi connectivity index (χ1n) is 12.4. The largest absolute Gasteiger partial charge is 0.495 e. The number of aromatic nitrogens is 3. The van der Waals surface area contributed by atoms with Gasteiger partial charge in [0.25, 0.3) is 5.91 Å². The average Bonchev–Trinajstić information content (AvgIpc) is 3.38. The fourth-order valence-corrected chi connectivity index (χ4v) is 4.56. The Morgan fingerprint density at radius 2 is 1.66 bits per heavy atom. The van der Waals surface area contributed by atoms with Gasteiger partial charge in [0.2, 0.25) is 0 Å². The first-order chi connectivity index (χ1) is 18.6. The van der Waals surface area contributed by atoms with E-state index >= 15 is 0 Å². The molecular weight excluding hydrogens is 500 g/mol. The highest BCUT2D eigenvalue weighted by atomic mass is 32.2. The number of hydrogen-bond acceptors (Lipinski definition) is 7. The molecule has 0 saturated carbocycles. The van der Waals surface area contributed by atoms with Crippen molar-refractivity contribution in [2.24, 2.45) is 0 Å². The van der Waals surface area contributed by atoms with Crippen LogP contribution in [0.5, 0.6) is 11.5 Å². The molecule has 0 bridgehead atoms. The summed E-state index contributed by atoms with van der Waals surface area (Å²) in [5.74, 6) is 1.80. The van der Waals surface area contributed by atoms with Gasteiger partial charge < -0.3 is 14.8 Å². The van der Waals surface area contributed by atoms with Crippen molar-refractivity contribution in [1.82, 2.24) is 20.1 Å². The van der Waals surface area contributed by atoms with Gasteiger partial charge in [0.15, 0.2) is 16.8 Å². The van der Waals surface area contributed by atoms with Crippen LogP contribution in [0.4, 0.5) is 0 Å². The van der Waals surface area contributed by atoms with Crippen LogP contribution in [0.25, 0.3) is 5.69 Å². The van der Waals surface area contributed by atoms with Crippen LogP contribution in [0.2, 0.25) is 0 Å². The van der Waals surface area contributed by atoms with Crippen LogP contribution in [0.3, 0.4) is 0 Å². The summed E-state index contributed by atoms with van der Waals surface area (Å²) in [6.07, 6.45) is 2.04. The Hall–Kier alpha value is -4.11. The van der Waals surface area contributed by atoms with Crippen LogP contribution in [-0.4, -0.2) is 45.9 Å². The number of methoxy groups -OCH3 is 1. The first-order valence-corrected chi connectivity index (χ1v) is 13.4. The standard InChI is InChI=1S/C29H30N4O4S/c1-3-4-18-37-23-16-14-22(15-17-23)28(35)30-19-27-31-32-29(33(27)24-12-8-9-13-26(24)36-2)38-20-25(34)21-10-6-5-7-11-21/h5-17H,3-4,18-20H2,1-2H3,(H,30,35). The van der Waals surface area contributed by atoms with Crippen molar-refractivity contribution in [3.63, 3.8) is 0 Å². The number of carbonyl (C=O) groups is 2. The zero-order chi connectivity index (χ0) is 26.7. The molecule has 0 saturated heterocycles. The summed E-state index contributed by atoms with van der Waals surface area (Å²) in [6, 6.07) is 23.7. The summed E-state index contributed by atoms with van der Waals surface area (Å²) in [7, 11) is 1.59. The lowest BCUT2D eigenvalue weighted by Crippen LogP contribution is -2.24. The van der Waals surface area contributed by atoms with E-state index < -0.39 is 0 Å². The molecule has 1 amide bonds. The van der Waals surface area contributed by atoms with E-state index in [9.17, 15) is 9.59 Å². The third-order valence-corrected chi connectivity index (χ3v) is 6.67. The molecule has 8 nitrogen and oxygen atoms in total. The molecule has 38 heavy (non-hydrogen) atoms. The van der Waals surface area contributed by atoms with Crippen molar-refractivity contribution in [1.29, 1.82) is 0 Å². The number of rotatable bonds is 13. The van der Waals surface area contributed by atoms with Crippen molar-refractivity contribution in [2.75, 3.05) is 19.5 Å². The van der Waals surface area contributed by atoms with E-state index in [0.29, 0.717) is 40.2 Å². The second-order valence-electron chi connectivity index (χ2n) is 8.39. The van der Waals surface area contributed by atoms with Crippen molar-refractivity contribution < 1.29 is 19.1 Å². The maximum absolute atomic E-state index is 12.9. The van der Waals surface area contributed by atoms with Gasteiger partial charge in [0.05, 0.1) is 31.7 Å². The Kier molecular flexibility index (Phi) is 9.53. The first kappa shape index (κ1) is 26.9. The molecule has 0 atom stereocenters. The van der Waals surface area contributed by atoms with Gasteiger partial charge in [-0.3, -0.25) is 14.2 Å². The molecule has 0 radical (unpaired) electrons. The minimum atomic E-state index is -0.242. The van der Waals surface area contributed by atoms with Crippen LogP contribution >= 0.6 is 11.8 Å². The SMILES string of the molecule is CCCCOc1ccc(C(=O)NCc2nnc(SCC(=O)c3ccccc3)n2-c2ccccc2OC)cc1. The average molecular weight is 531 g/mol. The van der Waals surface area contributed by atoms with Crippen LogP contribution in [0.1, 0.15) is 46.3 Å². The van der Waals surface area contributed by atoms with E-state index in [1.54, 1.807) is 43.5 Å². The summed E-state index contributed by atoms with van der Waals surface area (Å²) in [5.41, 5.74) is 1.87. The normalized spacial score (nSPS) is 10.7. The van der Waals surface area contributed by atoms with Crippen LogP contribution in [-0.2, 0) is 6.54 Å². The number of hydrogen-bond donors (Lipinski definition) is 1. The number of nitrogens with one attached hydrogen (secondary N) is 1. The number of ether oxygens (including phenoxy) is 2. The molecule has 9 heteroatoms. The highest BCUT2D eigenvalue weighted by Gasteiger charge is 2.19. The lowest BCUT2D eigenvalue weighted by Gasteiger charge is -2.14. The number of unbranched alkanes of at least 4 members (excludes halogenated alkanes) is 1. The number of ketones is 1. The molecule has 4 aromatic rings. The van der Waals surface area contributed by atoms with E-state index in [4.69, 9.17) is 9.47 Å². The van der Waals surface area contributed by atoms with E-state index in [1.807, 2.05) is 47.0 Å². The molecular formula is C29H30N4O4S. The Morgan fingerprint density at radius 1 is 0.921 bits per heavy atom. The third-order valence-electron chi connectivity index (χ3n) is 5.74. The van der Waals surface area contributed by atoms with Crippen molar-refractivity contribution in [2.45, 2.75) is 31.5 Å². The summed E-state index contributed by atoms with van der Waals surface area (Å²) in [5, 5.41) is 12.1. The zero-order valence-electron chi connectivity index (χ0n) is 21.4. The van der Waals surface area contributed by atoms with Crippen LogP contribution in [0, 0.1) is 0 Å². The molecule has 0 aliphatic heterocycles. The molecule has 3 aromatic carbocycles. The predicted molar refractivity (Wildman–Crippen MR) is 147 cm³/mol. The number of benzene rings is 3. The molecule has 0 fully saturated rings. The molecule has 4 rings (SSSR count). The van der Waals surface area contributed by atoms with Crippen molar-refractivity contribution in [3.05, 3.63) is 95.8 Å². The molecule has 0 spiro atoms. The lowest BCUT2D eigenvalue weighted by molar-refractivity contribution is 0.0948. The maximum Gasteiger partial charge on any atom is 0.251 e. The quantitative estimate of drug-likeness (QED) is 0.141. The van der Waals surface area contributed by atoms with Gasteiger partial charge in [0, 0.05) is 11.1 Å². The molecule has 1 heterocycles. The van der Waals surface area contributed by atoms with E-state index in [2.05, 4.69) is 22.4 Å². The topological polar surface area (TPSA) is 95.3 Å². The summed E-state index contributed by atoms with van der Waals surface area (Å²) in [4.78, 5) is 25.6. The summed E-state index contributed by atoms with van der Waals surface area (Å²) in [6.45, 7) is 2.89. The van der Waals surface area contributed by atoms with E-state index in [-0.39, 0.29) is 24.0 Å². The van der Waals surface area contributed by atoms with Crippen molar-refractivity contribution >= 4 is 23.5 Å². The minimum absolute atomic E-state index is 0.0119. The Morgan fingerprint density at radius 3 is 2.39 bits per heavy atom. The number of amides is 1. The smallest absolute Gasteiger partial charge is 0.251 e. The van der Waals surface area contributed by atoms with Gasteiger partial charge in [-0.2, -0.15) is 0 Å². The zero-order valence-corrected chi connectivity index (χ0v) is 22.2. The monoisotopic (exact) mass is 530 g/mol. The summed E-state index contributed by atoms with van der Waals surface area (Å²) < 4.78 is 13.1. The second kappa shape index (κ2) is 13.4. The van der Waals surface area contributed by atoms with Crippen molar-refractivity contribution in [3.8, 4) is 17.2 Å². The summed E-state index contributed by atoms with van der Waals surface area (Å²) >= 11 is 1.28. The minimum Gasteiger partial charge on any atom is -0.495 e. The van der Waals surface area contributed by atoms with Gasteiger partial charge in [0.1, 0.15) is 11.5 Å². The van der Waals surface area contributed by atoms with Gasteiger partial charge in [-0.05, 0) is 42.8 Å². The highest BCUT2D eigenvalue weighted by molar-refractivity contribution is 7.99. The van der Waals surface area contributed by atoms with Gasteiger partial charge in [-0.15, -0.1) is 10.2 Å². The number of thioether (sulfide) groups is 1. The van der Waals surface area contributed by atoms with Crippen LogP contribution < -0.4 is 14.8 Å². The molecule has 0 unspecified atom stereocenters. The maximum atomic E-state index is 12.9. The molecule has 1 N–H and O–H groups in total. The fourth-order valence-electron chi connectivity index (χ4n) is 3.70. The van der Waals surface area contributed by atoms with Gasteiger partial charge in [-0.1, -0.05) is 67.6 Å². The highest BCUT2D eigenvalue weighted by Crippen LogP contribution is 2.29. The van der Waals surface area contributed by atoms with E-state index in [0.717, 1.165) is 18.6 Å². The van der Waals surface area contributed by atoms with Crippen LogP contribution in [0.15, 0.2) is 84.0 Å². The number of Topliss-reactive ketones (excluding diaryl/α,β-unsaturated/α-hetero) is 1. The number of carbonyl (C=O) groups excluding carboxylic acids is 2. The Labute approximate surface area is 226 Å². The molecule has 0 aliphatic carbocycles. The van der Waals surface area contributed by atoms with E-state index in [1.165, 1.54) is 11.8 Å². The Bertz CT molecular complexity index is 1360. The second-order valence-corrected chi connectivity index (χ2v) is 9.34. The molecule has 0 aliphatic rings. The Balaban J connectivity index is 1.50. The fraction of sp³-hybridized carbons (Fsp3) is 0.241. The lowest BCUT2D eigenvalue weighted by atomic mass is 10.2. The molecule has 1 aromatic heterocycles. The number of para-hydroxylation sites is 2. The molecule has 196 valence electrons.